The van der Waals surface area contributed by atoms with Crippen molar-refractivity contribution in [3.8, 4) is 45.6 Å². The van der Waals surface area contributed by atoms with Crippen LogP contribution in [-0.2, 0) is 64.9 Å². The molecule has 0 saturated heterocycles. The van der Waals surface area contributed by atoms with E-state index < -0.39 is 47.5 Å². The van der Waals surface area contributed by atoms with Crippen LogP contribution in [-0.4, -0.2) is 64.0 Å². The summed E-state index contributed by atoms with van der Waals surface area (Å²) in [6.45, 7) is 3.79. The third kappa shape index (κ3) is 16.7. The molecular formula is C48H29F14Ir2N14-4. The first kappa shape index (κ1) is 61.2. The van der Waals surface area contributed by atoms with Gasteiger partial charge in [0.05, 0.1) is 11.3 Å². The van der Waals surface area contributed by atoms with E-state index in [9.17, 15) is 61.5 Å². The Bertz CT molecular complexity index is 3020. The number of halogens is 14. The largest absolute Gasteiger partial charge is 3.00 e. The van der Waals surface area contributed by atoms with E-state index in [-0.39, 0.29) is 97.4 Å². The molecule has 2 aromatic carbocycles. The average Bonchev–Trinajstić information content (AvgIpc) is 4.24. The maximum atomic E-state index is 12.6. The van der Waals surface area contributed by atoms with Gasteiger partial charge in [-0.15, -0.1) is 47.8 Å². The van der Waals surface area contributed by atoms with Gasteiger partial charge in [-0.05, 0) is 81.1 Å². The van der Waals surface area contributed by atoms with Gasteiger partial charge in [0.2, 0.25) is 0 Å². The van der Waals surface area contributed by atoms with Crippen LogP contribution in [0.3, 0.4) is 0 Å². The Hall–Kier alpha value is -7.68. The molecule has 0 amide bonds. The van der Waals surface area contributed by atoms with Gasteiger partial charge in [0.1, 0.15) is 22.9 Å². The summed E-state index contributed by atoms with van der Waals surface area (Å²) in [5.41, 5.74) is -1.55. The SMILES string of the molecule is CN1C=CN(c2[c-]cc(F)cc2)[CH-]1.CN1C=CN(c2[c-]cc(F)cc2)[CH-]1.FC(F)(F)c1cc(-c2cccc(-c3[c-]nc(C(F)(F)F)nc3)n2)[n-]n1.FC(F)(F)c1cnc(-c2cccc(-c3cc(C(F)(F)F)n[n-]3)n2)nc1.[Ir+3].[Ir]. The van der Waals surface area contributed by atoms with Crippen LogP contribution in [0.5, 0.6) is 0 Å². The molecule has 6 aromatic heterocycles. The van der Waals surface area contributed by atoms with E-state index in [4.69, 9.17) is 0 Å². The van der Waals surface area contributed by atoms with Crippen molar-refractivity contribution in [1.82, 2.24) is 60.1 Å². The molecule has 2 aliphatic rings. The van der Waals surface area contributed by atoms with Crippen LogP contribution >= 0.6 is 0 Å². The summed E-state index contributed by atoms with van der Waals surface area (Å²) in [5.74, 6) is -1.99. The number of anilines is 2. The number of hydrogen-bond donors (Lipinski definition) is 0. The van der Waals surface area contributed by atoms with E-state index in [1.165, 1.54) is 60.7 Å². The van der Waals surface area contributed by atoms with Crippen molar-refractivity contribution in [1.29, 1.82) is 0 Å². The van der Waals surface area contributed by atoms with Gasteiger partial charge in [0.15, 0.2) is 5.82 Å². The van der Waals surface area contributed by atoms with Crippen molar-refractivity contribution in [3.63, 3.8) is 0 Å². The van der Waals surface area contributed by atoms with Crippen molar-refractivity contribution in [3.05, 3.63) is 194 Å². The fourth-order valence-corrected chi connectivity index (χ4v) is 6.01. The molecule has 1 radical (unpaired) electrons. The third-order valence-corrected chi connectivity index (χ3v) is 9.63. The molecule has 0 unspecified atom stereocenters. The van der Waals surface area contributed by atoms with E-state index in [0.717, 1.165) is 29.7 Å². The number of alkyl halides is 12. The molecule has 0 saturated carbocycles. The van der Waals surface area contributed by atoms with Crippen LogP contribution in [0, 0.1) is 43.3 Å². The Morgan fingerprint density at radius 2 is 0.974 bits per heavy atom. The topological polar surface area (TPSA) is 144 Å². The monoisotopic (exact) mass is 1450 g/mol. The summed E-state index contributed by atoms with van der Waals surface area (Å²) < 4.78 is 175. The first-order valence-corrected chi connectivity index (χ1v) is 21.0. The fraction of sp³-hybridized carbons (Fsp3) is 0.125. The summed E-state index contributed by atoms with van der Waals surface area (Å²) in [6.07, 6.45) is -6.72. The molecule has 411 valence electrons. The summed E-state index contributed by atoms with van der Waals surface area (Å²) in [4.78, 5) is 29.1. The third-order valence-electron chi connectivity index (χ3n) is 9.63. The average molecular weight is 1450 g/mol. The molecule has 0 N–H and O–H groups in total. The number of aromatic nitrogens is 10. The molecule has 0 fully saturated rings. The summed E-state index contributed by atoms with van der Waals surface area (Å²) >= 11 is 0. The quantitative estimate of drug-likeness (QED) is 0.115. The Kier molecular flexibility index (Phi) is 20.1. The molecule has 14 nitrogen and oxygen atoms in total. The molecule has 30 heteroatoms. The smallest absolute Gasteiger partial charge is 0.573 e. The first-order chi connectivity index (χ1) is 35.8. The maximum Gasteiger partial charge on any atom is 3.00 e. The maximum absolute atomic E-state index is 12.6. The van der Waals surface area contributed by atoms with Gasteiger partial charge in [-0.3, -0.25) is 13.8 Å². The summed E-state index contributed by atoms with van der Waals surface area (Å²) in [5, 5.41) is 12.9. The Morgan fingerprint density at radius 3 is 1.33 bits per heavy atom. The van der Waals surface area contributed by atoms with Crippen molar-refractivity contribution < 1.29 is 102 Å². The number of nitrogens with zero attached hydrogens (tertiary/aromatic N) is 14. The number of benzene rings is 2. The van der Waals surface area contributed by atoms with Gasteiger partial charge in [-0.1, -0.05) is 41.3 Å². The second-order valence-electron chi connectivity index (χ2n) is 15.3. The number of pyridine rings is 2. The predicted molar refractivity (Wildman–Crippen MR) is 240 cm³/mol. The van der Waals surface area contributed by atoms with Gasteiger partial charge in [-0.25, -0.2) is 15.0 Å². The van der Waals surface area contributed by atoms with Crippen LogP contribution in [0.2, 0.25) is 0 Å². The van der Waals surface area contributed by atoms with Gasteiger partial charge in [-0.2, -0.15) is 78.2 Å². The fourth-order valence-electron chi connectivity index (χ4n) is 6.01. The van der Waals surface area contributed by atoms with Crippen LogP contribution < -0.4 is 20.0 Å². The van der Waals surface area contributed by atoms with Crippen LogP contribution in [0.1, 0.15) is 22.8 Å². The van der Waals surface area contributed by atoms with Crippen LogP contribution in [0.4, 0.5) is 72.8 Å². The zero-order valence-corrected chi connectivity index (χ0v) is 43.8. The second-order valence-corrected chi connectivity index (χ2v) is 15.3. The summed E-state index contributed by atoms with van der Waals surface area (Å²) in [6, 6.07) is 24.5. The molecule has 0 atom stereocenters. The van der Waals surface area contributed by atoms with E-state index in [1.54, 1.807) is 12.1 Å². The molecule has 10 rings (SSSR count). The molecule has 78 heavy (non-hydrogen) atoms. The van der Waals surface area contributed by atoms with E-state index >= 15 is 0 Å². The molecule has 8 aromatic rings. The minimum absolute atomic E-state index is 0. The zero-order chi connectivity index (χ0) is 55.0. The normalized spacial score (nSPS) is 13.1. The Labute approximate surface area is 459 Å². The Balaban J connectivity index is 0.000000198. The van der Waals surface area contributed by atoms with Gasteiger partial charge in [0.25, 0.3) is 0 Å². The Morgan fingerprint density at radius 1 is 0.526 bits per heavy atom. The van der Waals surface area contributed by atoms with Crippen molar-refractivity contribution >= 4 is 11.4 Å². The molecule has 0 bridgehead atoms. The molecular weight excluding hydrogens is 1420 g/mol. The van der Waals surface area contributed by atoms with Gasteiger partial charge < -0.3 is 50.0 Å². The van der Waals surface area contributed by atoms with E-state index in [1.807, 2.05) is 71.8 Å². The zero-order valence-electron chi connectivity index (χ0n) is 39.0. The van der Waals surface area contributed by atoms with Crippen molar-refractivity contribution in [2.24, 2.45) is 0 Å². The minimum Gasteiger partial charge on any atom is -0.573 e. The van der Waals surface area contributed by atoms with E-state index in [2.05, 4.69) is 68.6 Å². The van der Waals surface area contributed by atoms with Crippen LogP contribution in [0.25, 0.3) is 45.6 Å². The predicted octanol–water partition coefficient (Wildman–Crippen LogP) is 10.9. The molecule has 2 aliphatic heterocycles. The van der Waals surface area contributed by atoms with Crippen LogP contribution in [0.15, 0.2) is 128 Å². The summed E-state index contributed by atoms with van der Waals surface area (Å²) in [7, 11) is 3.86. The standard InChI is InChI=1S/C14H6F6N5.C14H5F6N5.2C10H9FN2.2Ir/c15-13(16,17)7-5-21-12(22-6-7)9-3-1-2-8(23-9)10-4-11(25-24-10)14(18,19)20;15-13(16,17)11-4-10(24-25-11)9-3-1-2-8(23-9)7-5-21-12(22-6-7)14(18,19)20;2*1-12-6-7-13(8-12)10-4-2-9(11)3-5-10;;/h1-6H;1-5H;2*2-4,6-8H,1H3;;/q-1;3*-2;;+3. The second kappa shape index (κ2) is 25.6. The first-order valence-electron chi connectivity index (χ1n) is 21.0. The molecule has 0 aliphatic carbocycles. The minimum atomic E-state index is -4.71. The van der Waals surface area contributed by atoms with Crippen molar-refractivity contribution in [2.45, 2.75) is 24.7 Å². The molecule has 8 heterocycles. The number of hydrogen-bond acceptors (Lipinski definition) is 12. The molecule has 0 spiro atoms. The van der Waals surface area contributed by atoms with Gasteiger partial charge >= 0.3 is 44.8 Å². The van der Waals surface area contributed by atoms with Gasteiger partial charge in [0, 0.05) is 49.8 Å². The van der Waals surface area contributed by atoms with Crippen molar-refractivity contribution in [2.75, 3.05) is 23.9 Å². The number of rotatable bonds is 6. The van der Waals surface area contributed by atoms with E-state index in [0.29, 0.717) is 12.4 Å².